The van der Waals surface area contributed by atoms with E-state index in [2.05, 4.69) is 5.32 Å². The van der Waals surface area contributed by atoms with Crippen molar-refractivity contribution in [2.24, 2.45) is 7.05 Å². The van der Waals surface area contributed by atoms with Gasteiger partial charge in [0.15, 0.2) is 5.78 Å². The molecule has 0 saturated carbocycles. The molecule has 0 fully saturated rings. The Morgan fingerprint density at radius 3 is 2.23 bits per heavy atom. The van der Waals surface area contributed by atoms with Gasteiger partial charge in [-0.25, -0.2) is 4.98 Å². The smallest absolute Gasteiger partial charge is 0.264 e. The molecule has 0 aliphatic rings. The standard InChI is InChI=1S/C26H20Cl3N3O3/c1-4-21(34)30-24-19-12-18(14-5-7-15(27)8-6-14)23(17-10-9-16(28)11-20(17)29)31-25(19)32(3)26(35)22(24)13(2)33/h5-12H,4H2,1-3H3,(H,30,34). The number of hydrogen-bond acceptors (Lipinski definition) is 4. The van der Waals surface area contributed by atoms with E-state index < -0.39 is 11.3 Å². The van der Waals surface area contributed by atoms with Crippen molar-refractivity contribution in [3.63, 3.8) is 0 Å². The number of nitrogens with zero attached hydrogens (tertiary/aromatic N) is 2. The highest BCUT2D eigenvalue weighted by Gasteiger charge is 2.24. The van der Waals surface area contributed by atoms with Crippen LogP contribution in [0, 0.1) is 0 Å². The Morgan fingerprint density at radius 2 is 1.63 bits per heavy atom. The molecule has 1 amide bonds. The van der Waals surface area contributed by atoms with Gasteiger partial charge >= 0.3 is 0 Å². The second kappa shape index (κ2) is 9.82. The van der Waals surface area contributed by atoms with E-state index in [9.17, 15) is 14.4 Å². The molecule has 2 aromatic heterocycles. The number of aryl methyl sites for hydroxylation is 1. The summed E-state index contributed by atoms with van der Waals surface area (Å²) in [4.78, 5) is 42.8. The van der Waals surface area contributed by atoms with Crippen LogP contribution in [0.25, 0.3) is 33.4 Å². The zero-order chi connectivity index (χ0) is 25.4. The van der Waals surface area contributed by atoms with Gasteiger partial charge < -0.3 is 5.32 Å². The van der Waals surface area contributed by atoms with Gasteiger partial charge in [0.2, 0.25) is 5.91 Å². The van der Waals surface area contributed by atoms with Crippen molar-refractivity contribution < 1.29 is 9.59 Å². The number of anilines is 1. The Bertz CT molecular complexity index is 1560. The molecule has 0 aliphatic carbocycles. The molecule has 1 N–H and O–H groups in total. The van der Waals surface area contributed by atoms with E-state index in [1.807, 2.05) is 12.1 Å². The number of rotatable bonds is 5. The fourth-order valence-corrected chi connectivity index (χ4v) is 4.49. The highest BCUT2D eigenvalue weighted by atomic mass is 35.5. The number of aromatic nitrogens is 2. The molecule has 9 heteroatoms. The summed E-state index contributed by atoms with van der Waals surface area (Å²) in [6, 6.07) is 14.0. The first-order valence-corrected chi connectivity index (χ1v) is 11.9. The second-order valence-corrected chi connectivity index (χ2v) is 9.24. The fourth-order valence-electron chi connectivity index (χ4n) is 3.87. The highest BCUT2D eigenvalue weighted by Crippen LogP contribution is 2.39. The summed E-state index contributed by atoms with van der Waals surface area (Å²) in [6.07, 6.45) is 0.171. The Hall–Kier alpha value is -3.19. The minimum atomic E-state index is -0.559. The Balaban J connectivity index is 2.18. The molecule has 2 aromatic carbocycles. The highest BCUT2D eigenvalue weighted by molar-refractivity contribution is 6.36. The Kier molecular flexibility index (Phi) is 6.99. The summed E-state index contributed by atoms with van der Waals surface area (Å²) in [5.74, 6) is -0.795. The fraction of sp³-hybridized carbons (Fsp3) is 0.154. The van der Waals surface area contributed by atoms with Crippen LogP contribution in [0.4, 0.5) is 5.69 Å². The summed E-state index contributed by atoms with van der Waals surface area (Å²) >= 11 is 18.8. The number of carbonyl (C=O) groups is 2. The quantitative estimate of drug-likeness (QED) is 0.290. The van der Waals surface area contributed by atoms with E-state index in [0.29, 0.717) is 37.3 Å². The van der Waals surface area contributed by atoms with E-state index in [0.717, 1.165) is 5.56 Å². The molecule has 4 rings (SSSR count). The molecule has 0 saturated heterocycles. The molecule has 0 radical (unpaired) electrons. The number of amides is 1. The number of benzene rings is 2. The van der Waals surface area contributed by atoms with Gasteiger partial charge in [0, 0.05) is 40.0 Å². The average molecular weight is 529 g/mol. The lowest BCUT2D eigenvalue weighted by Crippen LogP contribution is -2.28. The average Bonchev–Trinajstić information content (AvgIpc) is 2.82. The first-order valence-electron chi connectivity index (χ1n) is 10.7. The monoisotopic (exact) mass is 527 g/mol. The summed E-state index contributed by atoms with van der Waals surface area (Å²) < 4.78 is 1.30. The number of fused-ring (bicyclic) bond motifs is 1. The van der Waals surface area contributed by atoms with Gasteiger partial charge in [-0.2, -0.15) is 0 Å². The van der Waals surface area contributed by atoms with Crippen LogP contribution >= 0.6 is 34.8 Å². The topological polar surface area (TPSA) is 81.1 Å². The normalized spacial score (nSPS) is 11.0. The molecule has 0 aliphatic heterocycles. The third kappa shape index (κ3) is 4.69. The van der Waals surface area contributed by atoms with E-state index >= 15 is 0 Å². The molecule has 2 heterocycles. The number of Topliss-reactive ketones (excluding diaryl/α,β-unsaturated/α-hetero) is 1. The minimum Gasteiger partial charge on any atom is -0.325 e. The predicted molar refractivity (Wildman–Crippen MR) is 142 cm³/mol. The van der Waals surface area contributed by atoms with Gasteiger partial charge in [0.1, 0.15) is 11.2 Å². The number of hydrogen-bond donors (Lipinski definition) is 1. The van der Waals surface area contributed by atoms with Gasteiger partial charge in [-0.1, -0.05) is 53.9 Å². The zero-order valence-electron chi connectivity index (χ0n) is 19.1. The number of ketones is 1. The number of nitrogens with one attached hydrogen (secondary N) is 1. The molecular weight excluding hydrogens is 509 g/mol. The van der Waals surface area contributed by atoms with Crippen molar-refractivity contribution in [3.8, 4) is 22.4 Å². The maximum absolute atomic E-state index is 13.2. The SMILES string of the molecule is CCC(=O)Nc1c(C(C)=O)c(=O)n(C)c2nc(-c3ccc(Cl)cc3Cl)c(-c3ccc(Cl)cc3)cc12. The van der Waals surface area contributed by atoms with Crippen molar-refractivity contribution in [1.82, 2.24) is 9.55 Å². The molecule has 35 heavy (non-hydrogen) atoms. The lowest BCUT2D eigenvalue weighted by Gasteiger charge is -2.18. The largest absolute Gasteiger partial charge is 0.325 e. The van der Waals surface area contributed by atoms with Gasteiger partial charge in [-0.05, 0) is 48.9 Å². The lowest BCUT2D eigenvalue weighted by molar-refractivity contribution is -0.115. The molecule has 0 bridgehead atoms. The molecular formula is C26H20Cl3N3O3. The van der Waals surface area contributed by atoms with Crippen LogP contribution in [0.15, 0.2) is 53.3 Å². The molecule has 4 aromatic rings. The predicted octanol–water partition coefficient (Wildman–Crippen LogP) is 6.78. The zero-order valence-corrected chi connectivity index (χ0v) is 21.3. The molecule has 6 nitrogen and oxygen atoms in total. The van der Waals surface area contributed by atoms with Crippen molar-refractivity contribution in [2.75, 3.05) is 5.32 Å². The van der Waals surface area contributed by atoms with Crippen LogP contribution in [-0.2, 0) is 11.8 Å². The summed E-state index contributed by atoms with van der Waals surface area (Å²) in [7, 11) is 1.53. The van der Waals surface area contributed by atoms with Gasteiger partial charge in [-0.3, -0.25) is 19.0 Å². The summed E-state index contributed by atoms with van der Waals surface area (Å²) in [5, 5.41) is 4.59. The van der Waals surface area contributed by atoms with Crippen LogP contribution in [0.3, 0.4) is 0 Å². The maximum atomic E-state index is 13.2. The first kappa shape index (κ1) is 24.9. The van der Waals surface area contributed by atoms with Crippen molar-refractivity contribution in [1.29, 1.82) is 0 Å². The summed E-state index contributed by atoms with van der Waals surface area (Å²) in [6.45, 7) is 2.98. The van der Waals surface area contributed by atoms with Crippen LogP contribution in [0.1, 0.15) is 30.6 Å². The Morgan fingerprint density at radius 1 is 0.971 bits per heavy atom. The van der Waals surface area contributed by atoms with E-state index in [-0.39, 0.29) is 29.2 Å². The van der Waals surface area contributed by atoms with Crippen LogP contribution in [-0.4, -0.2) is 21.2 Å². The Labute approximate surface area is 216 Å². The van der Waals surface area contributed by atoms with Crippen molar-refractivity contribution in [3.05, 3.63) is 79.5 Å². The third-order valence-corrected chi connectivity index (χ3v) is 6.44. The molecule has 0 spiro atoms. The second-order valence-electron chi connectivity index (χ2n) is 7.96. The third-order valence-electron chi connectivity index (χ3n) is 5.64. The van der Waals surface area contributed by atoms with Crippen LogP contribution < -0.4 is 10.9 Å². The maximum Gasteiger partial charge on any atom is 0.264 e. The molecule has 178 valence electrons. The van der Waals surface area contributed by atoms with Gasteiger partial charge in [0.25, 0.3) is 5.56 Å². The van der Waals surface area contributed by atoms with Gasteiger partial charge in [-0.15, -0.1) is 0 Å². The minimum absolute atomic E-state index is 0.108. The van der Waals surface area contributed by atoms with E-state index in [1.165, 1.54) is 18.5 Å². The number of halogens is 3. The van der Waals surface area contributed by atoms with Crippen molar-refractivity contribution >= 4 is 63.2 Å². The van der Waals surface area contributed by atoms with Crippen molar-refractivity contribution in [2.45, 2.75) is 20.3 Å². The number of carbonyl (C=O) groups excluding carboxylic acids is 2. The van der Waals surface area contributed by atoms with Crippen LogP contribution in [0.5, 0.6) is 0 Å². The molecule has 0 atom stereocenters. The van der Waals surface area contributed by atoms with E-state index in [4.69, 9.17) is 39.8 Å². The number of pyridine rings is 2. The molecule has 0 unspecified atom stereocenters. The first-order chi connectivity index (χ1) is 16.6. The van der Waals surface area contributed by atoms with Crippen LogP contribution in [0.2, 0.25) is 15.1 Å². The van der Waals surface area contributed by atoms with E-state index in [1.54, 1.807) is 43.3 Å². The summed E-state index contributed by atoms with van der Waals surface area (Å²) in [5.41, 5.74) is 2.29. The lowest BCUT2D eigenvalue weighted by atomic mass is 9.96. The van der Waals surface area contributed by atoms with Gasteiger partial charge in [0.05, 0.1) is 16.4 Å².